The second-order valence-corrected chi connectivity index (χ2v) is 5.59. The second kappa shape index (κ2) is 6.67. The zero-order chi connectivity index (χ0) is 17.3. The number of benzene rings is 2. The molecule has 0 aliphatic carbocycles. The summed E-state index contributed by atoms with van der Waals surface area (Å²) >= 11 is 11.7. The third kappa shape index (κ3) is 3.16. The first-order chi connectivity index (χ1) is 11.5. The van der Waals surface area contributed by atoms with E-state index in [9.17, 15) is 4.39 Å². The summed E-state index contributed by atoms with van der Waals surface area (Å²) in [4.78, 5) is 8.30. The predicted octanol–water partition coefficient (Wildman–Crippen LogP) is 4.84. The van der Waals surface area contributed by atoms with Crippen molar-refractivity contribution in [3.8, 4) is 11.5 Å². The molecule has 2 aromatic carbocycles. The highest BCUT2D eigenvalue weighted by molar-refractivity contribution is 6.30. The number of anilines is 2. The molecule has 1 N–H and O–H groups in total. The molecule has 1 aromatic heterocycles. The maximum absolute atomic E-state index is 14.0. The number of aromatic nitrogens is 2. The van der Waals surface area contributed by atoms with Gasteiger partial charge in [-0.25, -0.2) is 9.37 Å². The van der Waals surface area contributed by atoms with Gasteiger partial charge in [0, 0.05) is 16.5 Å². The van der Waals surface area contributed by atoms with E-state index in [0.29, 0.717) is 33.2 Å². The number of methoxy groups -OCH3 is 2. The average molecular weight is 368 g/mol. The largest absolute Gasteiger partial charge is 0.493 e. The minimum absolute atomic E-state index is 0.0200. The van der Waals surface area contributed by atoms with Gasteiger partial charge in [-0.3, -0.25) is 0 Å². The summed E-state index contributed by atoms with van der Waals surface area (Å²) < 4.78 is 24.6. The van der Waals surface area contributed by atoms with Crippen LogP contribution in [0.4, 0.5) is 15.9 Å². The summed E-state index contributed by atoms with van der Waals surface area (Å²) in [6.45, 7) is 0. The summed E-state index contributed by atoms with van der Waals surface area (Å²) in [5, 5.41) is 3.83. The van der Waals surface area contributed by atoms with E-state index in [1.54, 1.807) is 18.2 Å². The number of ether oxygens (including phenoxy) is 2. The van der Waals surface area contributed by atoms with Crippen LogP contribution in [0.2, 0.25) is 10.3 Å². The summed E-state index contributed by atoms with van der Waals surface area (Å²) in [7, 11) is 3.04. The highest BCUT2D eigenvalue weighted by Gasteiger charge is 2.14. The van der Waals surface area contributed by atoms with E-state index in [0.717, 1.165) is 0 Å². The molecular weight excluding hydrogens is 356 g/mol. The van der Waals surface area contributed by atoms with E-state index >= 15 is 0 Å². The van der Waals surface area contributed by atoms with Crippen LogP contribution in [0, 0.1) is 5.82 Å². The zero-order valence-electron chi connectivity index (χ0n) is 12.7. The van der Waals surface area contributed by atoms with Crippen LogP contribution in [0.5, 0.6) is 11.5 Å². The van der Waals surface area contributed by atoms with Gasteiger partial charge in [0.25, 0.3) is 0 Å². The van der Waals surface area contributed by atoms with Crippen molar-refractivity contribution >= 4 is 45.6 Å². The highest BCUT2D eigenvalue weighted by Crippen LogP contribution is 2.35. The number of hydrogen-bond acceptors (Lipinski definition) is 5. The summed E-state index contributed by atoms with van der Waals surface area (Å²) in [5.74, 6) is 0.831. The predicted molar refractivity (Wildman–Crippen MR) is 92.3 cm³/mol. The maximum Gasteiger partial charge on any atom is 0.224 e. The molecule has 0 spiro atoms. The molecule has 0 atom stereocenters. The molecule has 3 rings (SSSR count). The Balaban J connectivity index is 2.15. The van der Waals surface area contributed by atoms with Crippen LogP contribution in [-0.4, -0.2) is 24.2 Å². The Morgan fingerprint density at radius 1 is 1.00 bits per heavy atom. The van der Waals surface area contributed by atoms with Crippen molar-refractivity contribution in [2.24, 2.45) is 0 Å². The summed E-state index contributed by atoms with van der Waals surface area (Å²) in [5.41, 5.74) is 0.745. The van der Waals surface area contributed by atoms with Crippen molar-refractivity contribution in [1.82, 2.24) is 9.97 Å². The number of fused-ring (bicyclic) bond motifs is 1. The van der Waals surface area contributed by atoms with Crippen molar-refractivity contribution in [2.45, 2.75) is 0 Å². The van der Waals surface area contributed by atoms with Gasteiger partial charge in [0.1, 0.15) is 11.6 Å². The van der Waals surface area contributed by atoms with Gasteiger partial charge in [-0.05, 0) is 35.9 Å². The van der Waals surface area contributed by atoms with Gasteiger partial charge >= 0.3 is 0 Å². The first-order valence-corrected chi connectivity index (χ1v) is 7.58. The van der Waals surface area contributed by atoms with Gasteiger partial charge in [0.15, 0.2) is 11.5 Å². The molecule has 0 aliphatic heterocycles. The van der Waals surface area contributed by atoms with Gasteiger partial charge in [0.2, 0.25) is 5.28 Å². The smallest absolute Gasteiger partial charge is 0.224 e. The Labute approximate surface area is 147 Å². The Morgan fingerprint density at radius 3 is 2.38 bits per heavy atom. The molecule has 0 saturated carbocycles. The molecule has 0 unspecified atom stereocenters. The average Bonchev–Trinajstić information content (AvgIpc) is 2.56. The Kier molecular flexibility index (Phi) is 4.59. The molecule has 3 aromatic rings. The van der Waals surface area contributed by atoms with Crippen LogP contribution in [-0.2, 0) is 0 Å². The third-order valence-corrected chi connectivity index (χ3v) is 3.76. The SMILES string of the molecule is COc1cc2nc(Cl)nc(Nc3ccc(Cl)cc3F)c2cc1OC. The molecule has 124 valence electrons. The van der Waals surface area contributed by atoms with Gasteiger partial charge in [0.05, 0.1) is 25.4 Å². The van der Waals surface area contributed by atoms with Gasteiger partial charge in [-0.1, -0.05) is 11.6 Å². The van der Waals surface area contributed by atoms with Crippen molar-refractivity contribution in [1.29, 1.82) is 0 Å². The van der Waals surface area contributed by atoms with E-state index in [1.165, 1.54) is 26.4 Å². The van der Waals surface area contributed by atoms with Crippen LogP contribution in [0.25, 0.3) is 10.9 Å². The van der Waals surface area contributed by atoms with Crippen molar-refractivity contribution in [2.75, 3.05) is 19.5 Å². The fourth-order valence-corrected chi connectivity index (χ4v) is 2.58. The van der Waals surface area contributed by atoms with Gasteiger partial charge in [-0.15, -0.1) is 0 Å². The number of nitrogens with one attached hydrogen (secondary N) is 1. The van der Waals surface area contributed by atoms with E-state index in [4.69, 9.17) is 32.7 Å². The fourth-order valence-electron chi connectivity index (χ4n) is 2.24. The lowest BCUT2D eigenvalue weighted by atomic mass is 10.2. The minimum Gasteiger partial charge on any atom is -0.493 e. The number of nitrogens with zero attached hydrogens (tertiary/aromatic N) is 2. The molecule has 0 bridgehead atoms. The molecule has 0 fully saturated rings. The quantitative estimate of drug-likeness (QED) is 0.668. The first kappa shape index (κ1) is 16.5. The van der Waals surface area contributed by atoms with E-state index in [1.807, 2.05) is 0 Å². The highest BCUT2D eigenvalue weighted by atomic mass is 35.5. The zero-order valence-corrected chi connectivity index (χ0v) is 14.2. The standard InChI is InChI=1S/C16H12Cl2FN3O2/c1-23-13-6-9-12(7-14(13)24-2)21-16(18)22-15(9)20-11-4-3-8(17)5-10(11)19/h3-7H,1-2H3,(H,20,21,22). The molecule has 0 aliphatic rings. The van der Waals surface area contributed by atoms with Crippen LogP contribution >= 0.6 is 23.2 Å². The third-order valence-electron chi connectivity index (χ3n) is 3.36. The summed E-state index contributed by atoms with van der Waals surface area (Å²) in [6.07, 6.45) is 0. The Morgan fingerprint density at radius 2 is 1.71 bits per heavy atom. The second-order valence-electron chi connectivity index (χ2n) is 4.81. The molecule has 0 radical (unpaired) electrons. The Bertz CT molecular complexity index is 921. The van der Waals surface area contributed by atoms with Crippen molar-refractivity contribution < 1.29 is 13.9 Å². The van der Waals surface area contributed by atoms with Crippen LogP contribution in [0.15, 0.2) is 30.3 Å². The van der Waals surface area contributed by atoms with Gasteiger partial charge < -0.3 is 14.8 Å². The fraction of sp³-hybridized carbons (Fsp3) is 0.125. The lowest BCUT2D eigenvalue weighted by molar-refractivity contribution is 0.356. The molecule has 0 saturated heterocycles. The van der Waals surface area contributed by atoms with Crippen LogP contribution < -0.4 is 14.8 Å². The van der Waals surface area contributed by atoms with Crippen LogP contribution in [0.3, 0.4) is 0 Å². The number of halogens is 3. The monoisotopic (exact) mass is 367 g/mol. The lowest BCUT2D eigenvalue weighted by Crippen LogP contribution is -2.00. The molecule has 1 heterocycles. The van der Waals surface area contributed by atoms with E-state index in [2.05, 4.69) is 15.3 Å². The van der Waals surface area contributed by atoms with Crippen molar-refractivity contribution in [3.05, 3.63) is 46.5 Å². The van der Waals surface area contributed by atoms with Gasteiger partial charge in [-0.2, -0.15) is 4.98 Å². The molecule has 0 amide bonds. The minimum atomic E-state index is -0.508. The molecule has 8 heteroatoms. The number of rotatable bonds is 4. The van der Waals surface area contributed by atoms with Crippen LogP contribution in [0.1, 0.15) is 0 Å². The summed E-state index contributed by atoms with van der Waals surface area (Å²) in [6, 6.07) is 7.66. The van der Waals surface area contributed by atoms with E-state index in [-0.39, 0.29) is 11.0 Å². The van der Waals surface area contributed by atoms with Crippen molar-refractivity contribution in [3.63, 3.8) is 0 Å². The maximum atomic E-state index is 14.0. The Hall–Kier alpha value is -2.31. The molecule has 24 heavy (non-hydrogen) atoms. The lowest BCUT2D eigenvalue weighted by Gasteiger charge is -2.13. The normalized spacial score (nSPS) is 10.7. The number of hydrogen-bond donors (Lipinski definition) is 1. The molecular formula is C16H12Cl2FN3O2. The molecule has 5 nitrogen and oxygen atoms in total. The topological polar surface area (TPSA) is 56.3 Å². The first-order valence-electron chi connectivity index (χ1n) is 6.83. The van der Waals surface area contributed by atoms with E-state index < -0.39 is 5.82 Å².